The van der Waals surface area contributed by atoms with Crippen molar-refractivity contribution in [3.63, 3.8) is 0 Å². The Balaban J connectivity index is 1.35. The third-order valence-electron chi connectivity index (χ3n) is 5.99. The summed E-state index contributed by atoms with van der Waals surface area (Å²) in [5.74, 6) is 0.975. The van der Waals surface area contributed by atoms with Gasteiger partial charge in [0.1, 0.15) is 5.75 Å². The van der Waals surface area contributed by atoms with Crippen LogP contribution >= 0.6 is 0 Å². The Labute approximate surface area is 190 Å². The van der Waals surface area contributed by atoms with Crippen LogP contribution in [0.25, 0.3) is 0 Å². The summed E-state index contributed by atoms with van der Waals surface area (Å²) in [6.45, 7) is 5.32. The first-order valence-corrected chi connectivity index (χ1v) is 11.1. The van der Waals surface area contributed by atoms with E-state index in [1.807, 2.05) is 67.7 Å². The molecule has 1 aliphatic heterocycles. The lowest BCUT2D eigenvalue weighted by Gasteiger charge is -2.36. The number of hydrogen-bond acceptors (Lipinski definition) is 4. The molecule has 0 saturated carbocycles. The van der Waals surface area contributed by atoms with E-state index < -0.39 is 0 Å². The van der Waals surface area contributed by atoms with Gasteiger partial charge in [-0.25, -0.2) is 0 Å². The van der Waals surface area contributed by atoms with Crippen LogP contribution in [-0.2, 0) is 13.1 Å². The molecule has 1 amide bonds. The maximum atomic E-state index is 12.9. The molecule has 1 fully saturated rings. The molecular formula is C27H31N3O2. The van der Waals surface area contributed by atoms with Crippen molar-refractivity contribution in [3.05, 3.63) is 95.6 Å². The lowest BCUT2D eigenvalue weighted by molar-refractivity contribution is 0.0785. The minimum absolute atomic E-state index is 0.0525. The first kappa shape index (κ1) is 21.9. The van der Waals surface area contributed by atoms with E-state index in [2.05, 4.69) is 28.0 Å². The molecule has 0 aromatic heterocycles. The minimum atomic E-state index is 0.0525. The summed E-state index contributed by atoms with van der Waals surface area (Å²) in [5, 5.41) is 0. The average molecular weight is 430 g/mol. The summed E-state index contributed by atoms with van der Waals surface area (Å²) in [4.78, 5) is 19.6. The van der Waals surface area contributed by atoms with E-state index in [4.69, 9.17) is 4.74 Å². The van der Waals surface area contributed by atoms with Gasteiger partial charge in [-0.2, -0.15) is 0 Å². The number of anilines is 1. The van der Waals surface area contributed by atoms with Crippen molar-refractivity contribution in [2.45, 2.75) is 13.1 Å². The van der Waals surface area contributed by atoms with E-state index in [-0.39, 0.29) is 5.91 Å². The van der Waals surface area contributed by atoms with Crippen LogP contribution in [0.4, 0.5) is 5.69 Å². The van der Waals surface area contributed by atoms with E-state index in [9.17, 15) is 4.79 Å². The molecule has 4 rings (SSSR count). The molecule has 1 saturated heterocycles. The fourth-order valence-corrected chi connectivity index (χ4v) is 4.25. The van der Waals surface area contributed by atoms with Crippen LogP contribution in [0.1, 0.15) is 21.5 Å². The second-order valence-corrected chi connectivity index (χ2v) is 8.28. The highest BCUT2D eigenvalue weighted by Gasteiger charge is 2.20. The number of nitrogens with zero attached hydrogens (tertiary/aromatic N) is 3. The van der Waals surface area contributed by atoms with Crippen molar-refractivity contribution in [1.29, 1.82) is 0 Å². The van der Waals surface area contributed by atoms with Crippen molar-refractivity contribution >= 4 is 11.6 Å². The van der Waals surface area contributed by atoms with Crippen molar-refractivity contribution in [1.82, 2.24) is 9.80 Å². The Kier molecular flexibility index (Phi) is 7.07. The van der Waals surface area contributed by atoms with E-state index in [1.165, 1.54) is 5.56 Å². The molecule has 0 atom stereocenters. The van der Waals surface area contributed by atoms with Gasteiger partial charge in [0.25, 0.3) is 5.91 Å². The number of ether oxygens (including phenoxy) is 1. The highest BCUT2D eigenvalue weighted by molar-refractivity contribution is 5.94. The SMILES string of the molecule is COc1ccccc1N1CCN(Cc2cccc(C(=O)N(C)Cc3ccccc3)c2)CC1. The second kappa shape index (κ2) is 10.3. The van der Waals surface area contributed by atoms with Gasteiger partial charge in [-0.15, -0.1) is 0 Å². The van der Waals surface area contributed by atoms with Crippen molar-refractivity contribution in [2.24, 2.45) is 0 Å². The van der Waals surface area contributed by atoms with Gasteiger partial charge in [0.15, 0.2) is 0 Å². The predicted octanol–water partition coefficient (Wildman–Crippen LogP) is 4.29. The van der Waals surface area contributed by atoms with Gasteiger partial charge in [0, 0.05) is 51.9 Å². The molecule has 166 valence electrons. The van der Waals surface area contributed by atoms with Crippen LogP contribution in [0, 0.1) is 0 Å². The summed E-state index contributed by atoms with van der Waals surface area (Å²) in [5.41, 5.74) is 4.21. The zero-order valence-corrected chi connectivity index (χ0v) is 18.9. The van der Waals surface area contributed by atoms with Crippen molar-refractivity contribution in [3.8, 4) is 5.75 Å². The lowest BCUT2D eigenvalue weighted by atomic mass is 10.1. The highest BCUT2D eigenvalue weighted by atomic mass is 16.5. The Hall–Kier alpha value is -3.31. The normalized spacial score (nSPS) is 14.2. The average Bonchev–Trinajstić information content (AvgIpc) is 2.85. The molecule has 0 bridgehead atoms. The first-order chi connectivity index (χ1) is 15.6. The molecule has 0 radical (unpaired) electrons. The monoisotopic (exact) mass is 429 g/mol. The molecule has 3 aromatic rings. The predicted molar refractivity (Wildman–Crippen MR) is 129 cm³/mol. The van der Waals surface area contributed by atoms with Crippen LogP contribution in [0.15, 0.2) is 78.9 Å². The maximum absolute atomic E-state index is 12.9. The van der Waals surface area contributed by atoms with Crippen LogP contribution in [-0.4, -0.2) is 56.0 Å². The Morgan fingerprint density at radius 1 is 0.875 bits per heavy atom. The summed E-state index contributed by atoms with van der Waals surface area (Å²) < 4.78 is 5.52. The molecule has 1 aliphatic rings. The third kappa shape index (κ3) is 5.29. The van der Waals surface area contributed by atoms with Crippen LogP contribution < -0.4 is 9.64 Å². The first-order valence-electron chi connectivity index (χ1n) is 11.1. The zero-order chi connectivity index (χ0) is 22.3. The van der Waals surface area contributed by atoms with Crippen LogP contribution in [0.5, 0.6) is 5.75 Å². The maximum Gasteiger partial charge on any atom is 0.253 e. The Morgan fingerprint density at radius 3 is 2.31 bits per heavy atom. The zero-order valence-electron chi connectivity index (χ0n) is 18.9. The number of methoxy groups -OCH3 is 1. The quantitative estimate of drug-likeness (QED) is 0.561. The van der Waals surface area contributed by atoms with Gasteiger partial charge in [0.2, 0.25) is 0 Å². The molecule has 3 aromatic carbocycles. The van der Waals surface area contributed by atoms with Crippen molar-refractivity contribution in [2.75, 3.05) is 45.2 Å². The van der Waals surface area contributed by atoms with Crippen LogP contribution in [0.2, 0.25) is 0 Å². The summed E-state index contributed by atoms with van der Waals surface area (Å²) in [6, 6.07) is 26.3. The molecular weight excluding hydrogens is 398 g/mol. The van der Waals surface area contributed by atoms with E-state index >= 15 is 0 Å². The third-order valence-corrected chi connectivity index (χ3v) is 5.99. The number of amides is 1. The van der Waals surface area contributed by atoms with Gasteiger partial charge < -0.3 is 14.5 Å². The second-order valence-electron chi connectivity index (χ2n) is 8.28. The molecule has 5 heteroatoms. The van der Waals surface area contributed by atoms with Gasteiger partial charge in [-0.05, 0) is 35.4 Å². The smallest absolute Gasteiger partial charge is 0.253 e. The Bertz CT molecular complexity index is 1030. The standard InChI is InChI=1S/C27H31N3O2/c1-28(20-22-9-4-3-5-10-22)27(31)24-12-8-11-23(19-24)21-29-15-17-30(18-16-29)25-13-6-7-14-26(25)32-2/h3-14,19H,15-18,20-21H2,1-2H3. The summed E-state index contributed by atoms with van der Waals surface area (Å²) in [6.07, 6.45) is 0. The molecule has 0 unspecified atom stereocenters. The largest absolute Gasteiger partial charge is 0.495 e. The van der Waals surface area contributed by atoms with Gasteiger partial charge in [0.05, 0.1) is 12.8 Å². The van der Waals surface area contributed by atoms with Crippen molar-refractivity contribution < 1.29 is 9.53 Å². The van der Waals surface area contributed by atoms with E-state index in [0.717, 1.165) is 55.3 Å². The van der Waals surface area contributed by atoms with E-state index in [0.29, 0.717) is 6.54 Å². The highest BCUT2D eigenvalue weighted by Crippen LogP contribution is 2.28. The number of benzene rings is 3. The van der Waals surface area contributed by atoms with Gasteiger partial charge in [-0.1, -0.05) is 54.6 Å². The van der Waals surface area contributed by atoms with Gasteiger partial charge in [-0.3, -0.25) is 9.69 Å². The van der Waals surface area contributed by atoms with E-state index in [1.54, 1.807) is 12.0 Å². The van der Waals surface area contributed by atoms with Gasteiger partial charge >= 0.3 is 0 Å². The minimum Gasteiger partial charge on any atom is -0.495 e. The number of para-hydroxylation sites is 2. The number of rotatable bonds is 7. The molecule has 1 heterocycles. The fourth-order valence-electron chi connectivity index (χ4n) is 4.25. The number of carbonyl (C=O) groups excluding carboxylic acids is 1. The molecule has 0 spiro atoms. The summed E-state index contributed by atoms with van der Waals surface area (Å²) in [7, 11) is 3.58. The number of carbonyl (C=O) groups is 1. The van der Waals surface area contributed by atoms with Crippen LogP contribution in [0.3, 0.4) is 0 Å². The molecule has 5 nitrogen and oxygen atoms in total. The lowest BCUT2D eigenvalue weighted by Crippen LogP contribution is -2.46. The molecule has 0 aliphatic carbocycles. The molecule has 0 N–H and O–H groups in total. The molecule has 32 heavy (non-hydrogen) atoms. The Morgan fingerprint density at radius 2 is 1.56 bits per heavy atom. The number of piperazine rings is 1. The summed E-state index contributed by atoms with van der Waals surface area (Å²) >= 11 is 0. The topological polar surface area (TPSA) is 36.0 Å². The number of hydrogen-bond donors (Lipinski definition) is 0. The fraction of sp³-hybridized carbons (Fsp3) is 0.296.